The van der Waals surface area contributed by atoms with E-state index in [0.29, 0.717) is 12.8 Å². The molecule has 0 unspecified atom stereocenters. The first-order valence-electron chi connectivity index (χ1n) is 9.04. The molecule has 0 bridgehead atoms. The molecule has 4 rings (SSSR count). The average Bonchev–Trinajstić information content (AvgIpc) is 3.08. The lowest BCUT2D eigenvalue weighted by Gasteiger charge is -2.51. The zero-order valence-corrected chi connectivity index (χ0v) is 15.8. The van der Waals surface area contributed by atoms with Crippen molar-refractivity contribution in [1.29, 1.82) is 0 Å². The Morgan fingerprint density at radius 3 is 2.22 bits per heavy atom. The molecule has 1 aromatic heterocycles. The summed E-state index contributed by atoms with van der Waals surface area (Å²) in [5.41, 5.74) is 0.687. The lowest BCUT2D eigenvalue weighted by molar-refractivity contribution is -0.652. The third-order valence-corrected chi connectivity index (χ3v) is 7.15. The highest BCUT2D eigenvalue weighted by molar-refractivity contribution is 5.33. The minimum atomic E-state index is -1.68. The summed E-state index contributed by atoms with van der Waals surface area (Å²) in [4.78, 5) is 24.4. The summed E-state index contributed by atoms with van der Waals surface area (Å²) in [6, 6.07) is -0.620. The summed E-state index contributed by atoms with van der Waals surface area (Å²) >= 11 is 0. The van der Waals surface area contributed by atoms with Crippen molar-refractivity contribution in [2.75, 3.05) is 0 Å². The molecule has 0 saturated heterocycles. The van der Waals surface area contributed by atoms with Gasteiger partial charge in [-0.2, -0.15) is 0 Å². The molecule has 0 N–H and O–H groups in total. The van der Waals surface area contributed by atoms with Gasteiger partial charge in [0.1, 0.15) is 12.0 Å². The van der Waals surface area contributed by atoms with Crippen LogP contribution in [0.25, 0.3) is 0 Å². The van der Waals surface area contributed by atoms with E-state index in [1.165, 1.54) is 4.68 Å². The van der Waals surface area contributed by atoms with E-state index >= 15 is 0 Å². The smallest absolute Gasteiger partial charge is 0.264 e. The van der Waals surface area contributed by atoms with Crippen LogP contribution in [0.1, 0.15) is 65.2 Å². The lowest BCUT2D eigenvalue weighted by Crippen LogP contribution is -2.67. The second kappa shape index (κ2) is 5.43. The van der Waals surface area contributed by atoms with Crippen molar-refractivity contribution in [3.63, 3.8) is 0 Å². The van der Waals surface area contributed by atoms with Gasteiger partial charge < -0.3 is 0 Å². The predicted octanol–water partition coefficient (Wildman–Crippen LogP) is 2.59. The topological polar surface area (TPSA) is 130 Å². The van der Waals surface area contributed by atoms with Gasteiger partial charge in [0.2, 0.25) is 5.82 Å². The van der Waals surface area contributed by atoms with Crippen LogP contribution in [0.2, 0.25) is 0 Å². The molecule has 0 fully saturated rings. The monoisotopic (exact) mass is 374 g/mol. The molecule has 1 aromatic rings. The van der Waals surface area contributed by atoms with Crippen molar-refractivity contribution in [2.45, 2.75) is 70.5 Å². The van der Waals surface area contributed by atoms with Crippen molar-refractivity contribution in [3.8, 4) is 0 Å². The van der Waals surface area contributed by atoms with Crippen molar-refractivity contribution in [3.05, 3.63) is 48.3 Å². The van der Waals surface area contributed by atoms with Gasteiger partial charge in [0.15, 0.2) is 0 Å². The van der Waals surface area contributed by atoms with E-state index in [4.69, 9.17) is 0 Å². The number of hydrogen-bond acceptors (Lipinski definition) is 7. The minimum Gasteiger partial charge on any atom is -0.264 e. The van der Waals surface area contributed by atoms with E-state index in [-0.39, 0.29) is 28.5 Å². The molecule has 2 aliphatic carbocycles. The third kappa shape index (κ3) is 1.98. The predicted molar refractivity (Wildman–Crippen MR) is 94.0 cm³/mol. The van der Waals surface area contributed by atoms with E-state index in [2.05, 4.69) is 15.5 Å². The molecular formula is C17H22N6O4. The number of hydrogen-bond donors (Lipinski definition) is 0. The highest BCUT2D eigenvalue weighted by atomic mass is 16.6. The summed E-state index contributed by atoms with van der Waals surface area (Å²) in [7, 11) is 0. The molecule has 144 valence electrons. The zero-order chi connectivity index (χ0) is 19.7. The van der Waals surface area contributed by atoms with Crippen LogP contribution >= 0.6 is 0 Å². The summed E-state index contributed by atoms with van der Waals surface area (Å²) in [5, 5.41) is 36.7. The molecule has 27 heavy (non-hydrogen) atoms. The van der Waals surface area contributed by atoms with Crippen LogP contribution in [0, 0.1) is 26.1 Å². The largest absolute Gasteiger partial charge is 0.295 e. The van der Waals surface area contributed by atoms with Gasteiger partial charge in [-0.1, -0.05) is 22.3 Å². The Bertz CT molecular complexity index is 934. The average molecular weight is 374 g/mol. The molecule has 0 spiro atoms. The fourth-order valence-electron chi connectivity index (χ4n) is 5.42. The second-order valence-electron chi connectivity index (χ2n) is 8.33. The standard InChI is InChI=1S/C17H22N6O4/c1-9-5-13-16(22(24)25)7-11(3)10(2)6-14(16)21-15(18-19-20-21)17(13,23(26)27)8-12(9)4/h13-14H,5-8H2,1-4H3/t13-,14-,16+,17+/m0/s1. The van der Waals surface area contributed by atoms with Crippen molar-refractivity contribution in [1.82, 2.24) is 20.2 Å². The number of nitrogens with zero attached hydrogens (tertiary/aromatic N) is 6. The van der Waals surface area contributed by atoms with Gasteiger partial charge in [-0.3, -0.25) is 20.2 Å². The van der Waals surface area contributed by atoms with Crippen LogP contribution < -0.4 is 0 Å². The van der Waals surface area contributed by atoms with E-state index < -0.39 is 23.0 Å². The Balaban J connectivity index is 2.09. The van der Waals surface area contributed by atoms with Gasteiger partial charge in [0.25, 0.3) is 11.1 Å². The molecular weight excluding hydrogens is 352 g/mol. The van der Waals surface area contributed by atoms with Gasteiger partial charge in [-0.25, -0.2) is 4.68 Å². The summed E-state index contributed by atoms with van der Waals surface area (Å²) in [6.07, 6.45) is 1.02. The molecule has 10 heteroatoms. The molecule has 0 amide bonds. The molecule has 3 aliphatic rings. The number of nitro groups is 2. The van der Waals surface area contributed by atoms with Crippen molar-refractivity contribution < 1.29 is 9.85 Å². The number of aromatic nitrogens is 4. The molecule has 0 radical (unpaired) electrons. The Morgan fingerprint density at radius 2 is 1.59 bits per heavy atom. The van der Waals surface area contributed by atoms with E-state index in [9.17, 15) is 20.2 Å². The number of tetrazole rings is 1. The molecule has 10 nitrogen and oxygen atoms in total. The summed E-state index contributed by atoms with van der Waals surface area (Å²) in [5.74, 6) is -0.649. The maximum absolute atomic E-state index is 12.6. The Labute approximate surface area is 155 Å². The van der Waals surface area contributed by atoms with E-state index in [0.717, 1.165) is 22.3 Å². The molecule has 1 aliphatic heterocycles. The van der Waals surface area contributed by atoms with Crippen LogP contribution in [0.3, 0.4) is 0 Å². The first-order valence-corrected chi connectivity index (χ1v) is 9.04. The normalized spacial score (nSPS) is 35.4. The maximum atomic E-state index is 12.6. The fraction of sp³-hybridized carbons (Fsp3) is 0.706. The number of allylic oxidation sites excluding steroid dienone is 2. The minimum absolute atomic E-state index is 0.0981. The van der Waals surface area contributed by atoms with Gasteiger partial charge in [0, 0.05) is 22.7 Å². The van der Waals surface area contributed by atoms with Gasteiger partial charge in [0.05, 0.1) is 0 Å². The molecule has 0 aromatic carbocycles. The van der Waals surface area contributed by atoms with Crippen LogP contribution in [0.5, 0.6) is 0 Å². The van der Waals surface area contributed by atoms with Crippen molar-refractivity contribution in [2.24, 2.45) is 5.92 Å². The van der Waals surface area contributed by atoms with Crippen LogP contribution in [-0.4, -0.2) is 35.6 Å². The Morgan fingerprint density at radius 1 is 0.963 bits per heavy atom. The quantitative estimate of drug-likeness (QED) is 0.442. The van der Waals surface area contributed by atoms with E-state index in [1.54, 1.807) is 0 Å². The lowest BCUT2D eigenvalue weighted by atomic mass is 9.55. The Hall–Kier alpha value is -2.65. The van der Waals surface area contributed by atoms with Gasteiger partial charge in [-0.15, -0.1) is 5.10 Å². The first-order chi connectivity index (χ1) is 12.7. The Kier molecular flexibility index (Phi) is 3.57. The number of rotatable bonds is 2. The SMILES string of the molecule is CC1=C(C)C[C@]2([N+](=O)[O-])[C@H](C1)n1nnnc1[C@@]1([N+](=O)[O-])CC(C)=C(C)C[C@@H]21. The maximum Gasteiger partial charge on any atom is 0.295 e. The number of fused-ring (bicyclic) bond motifs is 6. The second-order valence-corrected chi connectivity index (χ2v) is 8.33. The van der Waals surface area contributed by atoms with E-state index in [1.807, 2.05) is 27.7 Å². The molecule has 0 saturated carbocycles. The highest BCUT2D eigenvalue weighted by Crippen LogP contribution is 2.61. The molecule has 4 atom stereocenters. The fourth-order valence-corrected chi connectivity index (χ4v) is 5.42. The highest BCUT2D eigenvalue weighted by Gasteiger charge is 2.76. The summed E-state index contributed by atoms with van der Waals surface area (Å²) < 4.78 is 1.38. The van der Waals surface area contributed by atoms with Gasteiger partial charge in [-0.05, 0) is 51.0 Å². The van der Waals surface area contributed by atoms with Gasteiger partial charge >= 0.3 is 0 Å². The van der Waals surface area contributed by atoms with Crippen LogP contribution in [0.4, 0.5) is 0 Å². The zero-order valence-electron chi connectivity index (χ0n) is 15.8. The van der Waals surface area contributed by atoms with Crippen LogP contribution in [-0.2, 0) is 5.54 Å². The third-order valence-electron chi connectivity index (χ3n) is 7.15. The first kappa shape index (κ1) is 17.7. The molecule has 2 heterocycles. The summed E-state index contributed by atoms with van der Waals surface area (Å²) in [6.45, 7) is 7.60. The van der Waals surface area contributed by atoms with Crippen molar-refractivity contribution >= 4 is 0 Å². The van der Waals surface area contributed by atoms with Crippen LogP contribution in [0.15, 0.2) is 22.3 Å².